The molecule has 8 atom stereocenters. The highest BCUT2D eigenvalue weighted by atomic mass is 32.2. The molecule has 0 aromatic heterocycles. The molecule has 45 heavy (non-hydrogen) atoms. The summed E-state index contributed by atoms with van der Waals surface area (Å²) < 4.78 is 5.52. The first kappa shape index (κ1) is 32.8. The molecular formula is C36H52N2O6S. The monoisotopic (exact) mass is 640 g/mol. The number of hydrogen-bond acceptors (Lipinski definition) is 8. The second-order valence-corrected chi connectivity index (χ2v) is 18.3. The predicted molar refractivity (Wildman–Crippen MR) is 174 cm³/mol. The molecule has 248 valence electrons. The van der Waals surface area contributed by atoms with Crippen LogP contribution in [-0.2, 0) is 24.0 Å². The number of carbonyl (C=O) groups excluding carboxylic acids is 4. The molecule has 1 N–H and O–H groups in total. The van der Waals surface area contributed by atoms with Gasteiger partial charge in [0.1, 0.15) is 5.25 Å². The highest BCUT2D eigenvalue weighted by Crippen LogP contribution is 2.75. The van der Waals surface area contributed by atoms with Gasteiger partial charge in [0.25, 0.3) is 5.24 Å². The normalized spacial score (nSPS) is 44.0. The molecule has 0 aromatic carbocycles. The van der Waals surface area contributed by atoms with Crippen molar-refractivity contribution in [3.63, 3.8) is 0 Å². The maximum Gasteiger partial charge on any atom is 0.336 e. The Morgan fingerprint density at radius 2 is 1.69 bits per heavy atom. The number of esters is 1. The van der Waals surface area contributed by atoms with Crippen LogP contribution in [0.2, 0.25) is 0 Å². The Kier molecular flexibility index (Phi) is 7.78. The largest absolute Gasteiger partial charge is 0.469 e. The topological polar surface area (TPSA) is 111 Å². The first-order valence-corrected chi connectivity index (χ1v) is 17.9. The summed E-state index contributed by atoms with van der Waals surface area (Å²) in [6.07, 6.45) is 12.3. The molecule has 0 bridgehead atoms. The van der Waals surface area contributed by atoms with Gasteiger partial charge < -0.3 is 9.57 Å². The van der Waals surface area contributed by atoms with E-state index in [1.807, 2.05) is 0 Å². The number of ether oxygens (including phenoxy) is 1. The van der Waals surface area contributed by atoms with Crippen molar-refractivity contribution in [3.05, 3.63) is 11.6 Å². The Morgan fingerprint density at radius 1 is 0.978 bits per heavy atom. The standard InChI is InChI=1S/C36H52N2O6S/c1-31(2)15-17-36(29(41)43-8)18-16-34(6)21(22(36)20-31)9-10-25-33(5)13-12-26(32(3,4)24(33)11-14-35(25,34)7)38-44-27(39)19-23-28(40)37-30(42)45-23/h9,22-25H,10-20H2,1-8H3,(H,37,40,42)/b38-26-/t22-,23+,24+,25+,33+,34-,35-,36+/m1/s1. The quantitative estimate of drug-likeness (QED) is 0.146. The second kappa shape index (κ2) is 10.7. The maximum absolute atomic E-state index is 13.5. The minimum absolute atomic E-state index is 0.00537. The molecule has 8 nitrogen and oxygen atoms in total. The first-order valence-electron chi connectivity index (χ1n) is 17.0. The SMILES string of the molecule is COC(=O)[C@]12CCC(C)(C)C[C@@H]1C1=CC[C@H]3[C@@]4(C)CC/C(=N/OC(=O)C[C@@H]5SC(=O)NC5=O)C(C)(C)[C@@H]4CC[C@@]3(C)[C@]1(C)CC2. The number of nitrogens with zero attached hydrogens (tertiary/aromatic N) is 1. The lowest BCUT2D eigenvalue weighted by Gasteiger charge is -2.70. The molecule has 6 rings (SSSR count). The minimum atomic E-state index is -0.758. The number of fused-ring (bicyclic) bond motifs is 7. The summed E-state index contributed by atoms with van der Waals surface area (Å²) in [7, 11) is 1.56. The molecule has 0 unspecified atom stereocenters. The average Bonchev–Trinajstić information content (AvgIpc) is 3.27. The van der Waals surface area contributed by atoms with Crippen molar-refractivity contribution in [1.29, 1.82) is 0 Å². The van der Waals surface area contributed by atoms with E-state index < -0.39 is 27.8 Å². The number of thioether (sulfide) groups is 1. The number of allylic oxidation sites excluding steroid dienone is 2. The lowest BCUT2D eigenvalue weighted by molar-refractivity contribution is -0.181. The van der Waals surface area contributed by atoms with E-state index in [0.29, 0.717) is 11.8 Å². The van der Waals surface area contributed by atoms with E-state index in [0.717, 1.165) is 81.7 Å². The number of methoxy groups -OCH3 is 1. The molecule has 4 saturated carbocycles. The minimum Gasteiger partial charge on any atom is -0.469 e. The molecule has 1 heterocycles. The number of imide groups is 1. The van der Waals surface area contributed by atoms with E-state index in [9.17, 15) is 19.2 Å². The summed E-state index contributed by atoms with van der Waals surface area (Å²) >= 11 is 0.827. The van der Waals surface area contributed by atoms with E-state index in [1.165, 1.54) is 5.57 Å². The fraction of sp³-hybridized carbons (Fsp3) is 0.806. The zero-order valence-electron chi connectivity index (χ0n) is 28.5. The van der Waals surface area contributed by atoms with Crippen molar-refractivity contribution < 1.29 is 28.8 Å². The molecule has 2 amide bonds. The van der Waals surface area contributed by atoms with Crippen molar-refractivity contribution in [3.8, 4) is 0 Å². The third-order valence-corrected chi connectivity index (χ3v) is 15.4. The summed E-state index contributed by atoms with van der Waals surface area (Å²) in [5, 5.41) is 5.45. The van der Waals surface area contributed by atoms with Crippen LogP contribution in [0.1, 0.15) is 119 Å². The smallest absolute Gasteiger partial charge is 0.336 e. The Morgan fingerprint density at radius 3 is 2.36 bits per heavy atom. The van der Waals surface area contributed by atoms with Crippen molar-refractivity contribution in [2.75, 3.05) is 7.11 Å². The van der Waals surface area contributed by atoms with Gasteiger partial charge in [0.2, 0.25) is 5.91 Å². The zero-order chi connectivity index (χ0) is 32.8. The Bertz CT molecular complexity index is 1380. The highest BCUT2D eigenvalue weighted by Gasteiger charge is 2.69. The fourth-order valence-corrected chi connectivity index (χ4v) is 12.4. The van der Waals surface area contributed by atoms with Crippen LogP contribution >= 0.6 is 11.8 Å². The van der Waals surface area contributed by atoms with Gasteiger partial charge in [-0.2, -0.15) is 0 Å². The Balaban J connectivity index is 1.26. The summed E-state index contributed by atoms with van der Waals surface area (Å²) in [6.45, 7) is 16.8. The lowest BCUT2D eigenvalue weighted by Crippen LogP contribution is -2.64. The van der Waals surface area contributed by atoms with E-state index in [4.69, 9.17) is 9.57 Å². The molecule has 5 aliphatic carbocycles. The molecule has 1 aliphatic heterocycles. The number of nitrogens with one attached hydrogen (secondary N) is 1. The number of oxime groups is 1. The van der Waals surface area contributed by atoms with Gasteiger partial charge in [0.05, 0.1) is 24.7 Å². The van der Waals surface area contributed by atoms with Crippen LogP contribution in [0.25, 0.3) is 0 Å². The van der Waals surface area contributed by atoms with Gasteiger partial charge in [0, 0.05) is 5.41 Å². The van der Waals surface area contributed by atoms with Crippen LogP contribution < -0.4 is 5.32 Å². The van der Waals surface area contributed by atoms with Gasteiger partial charge in [-0.15, -0.1) is 0 Å². The van der Waals surface area contributed by atoms with Crippen LogP contribution in [0.3, 0.4) is 0 Å². The Labute approximate surface area is 272 Å². The molecule has 5 fully saturated rings. The van der Waals surface area contributed by atoms with E-state index in [-0.39, 0.29) is 45.4 Å². The van der Waals surface area contributed by atoms with Gasteiger partial charge in [-0.1, -0.05) is 77.0 Å². The van der Waals surface area contributed by atoms with Gasteiger partial charge in [-0.05, 0) is 104 Å². The van der Waals surface area contributed by atoms with Gasteiger partial charge in [-0.3, -0.25) is 19.7 Å². The van der Waals surface area contributed by atoms with E-state index >= 15 is 0 Å². The van der Waals surface area contributed by atoms with Crippen molar-refractivity contribution in [1.82, 2.24) is 5.32 Å². The predicted octanol–water partition coefficient (Wildman–Crippen LogP) is 7.60. The number of hydrogen-bond donors (Lipinski definition) is 1. The van der Waals surface area contributed by atoms with Gasteiger partial charge in [-0.25, -0.2) is 4.79 Å². The third-order valence-electron chi connectivity index (χ3n) is 14.4. The molecule has 0 radical (unpaired) electrons. The summed E-state index contributed by atoms with van der Waals surface area (Å²) in [5.41, 5.74) is 2.22. The molecule has 1 saturated heterocycles. The number of rotatable bonds is 4. The summed E-state index contributed by atoms with van der Waals surface area (Å²) in [6, 6.07) is 0. The zero-order valence-corrected chi connectivity index (χ0v) is 29.3. The Hall–Kier alpha value is -2.16. The summed E-state index contributed by atoms with van der Waals surface area (Å²) in [5.74, 6) is 0.0713. The number of amides is 2. The highest BCUT2D eigenvalue weighted by molar-refractivity contribution is 8.15. The van der Waals surface area contributed by atoms with Crippen LogP contribution in [0.4, 0.5) is 4.79 Å². The fourth-order valence-electron chi connectivity index (χ4n) is 11.6. The molecule has 0 aromatic rings. The van der Waals surface area contributed by atoms with Crippen molar-refractivity contribution in [2.24, 2.45) is 55.4 Å². The van der Waals surface area contributed by atoms with E-state index in [1.54, 1.807) is 7.11 Å². The second-order valence-electron chi connectivity index (χ2n) is 17.2. The molecule has 9 heteroatoms. The van der Waals surface area contributed by atoms with Crippen LogP contribution in [0, 0.1) is 50.2 Å². The van der Waals surface area contributed by atoms with Crippen LogP contribution in [0.15, 0.2) is 16.8 Å². The van der Waals surface area contributed by atoms with Crippen LogP contribution in [0.5, 0.6) is 0 Å². The summed E-state index contributed by atoms with van der Waals surface area (Å²) in [4.78, 5) is 54.9. The van der Waals surface area contributed by atoms with Gasteiger partial charge >= 0.3 is 11.9 Å². The molecule has 0 spiro atoms. The first-order chi connectivity index (χ1) is 20.9. The molecular weight excluding hydrogens is 588 g/mol. The number of carbonyl (C=O) groups is 4. The van der Waals surface area contributed by atoms with Crippen LogP contribution in [-0.4, -0.2) is 41.2 Å². The van der Waals surface area contributed by atoms with Crippen molar-refractivity contribution >= 4 is 40.6 Å². The maximum atomic E-state index is 13.5. The lowest BCUT2D eigenvalue weighted by atomic mass is 9.33. The van der Waals surface area contributed by atoms with Crippen molar-refractivity contribution in [2.45, 2.75) is 124 Å². The average molecular weight is 641 g/mol. The molecule has 6 aliphatic rings. The van der Waals surface area contributed by atoms with E-state index in [2.05, 4.69) is 65.0 Å². The third kappa shape index (κ3) is 4.78. The van der Waals surface area contributed by atoms with Gasteiger partial charge in [0.15, 0.2) is 0 Å².